The van der Waals surface area contributed by atoms with Crippen LogP contribution < -0.4 is 11.1 Å². The van der Waals surface area contributed by atoms with Crippen molar-refractivity contribution in [3.63, 3.8) is 0 Å². The lowest BCUT2D eigenvalue weighted by Crippen LogP contribution is -2.11. The number of nitrogens with two attached hydrogens (primary N) is 1. The number of fused-ring (bicyclic) bond motifs is 1. The van der Waals surface area contributed by atoms with E-state index >= 15 is 0 Å². The Labute approximate surface area is 139 Å². The number of carbonyl (C=O) groups is 1. The third kappa shape index (κ3) is 3.35. The van der Waals surface area contributed by atoms with E-state index in [1.165, 1.54) is 11.3 Å². The summed E-state index contributed by atoms with van der Waals surface area (Å²) in [5, 5.41) is 3.72. The summed E-state index contributed by atoms with van der Waals surface area (Å²) in [5.41, 5.74) is 8.44. The van der Waals surface area contributed by atoms with Crippen LogP contribution in [0.2, 0.25) is 0 Å². The van der Waals surface area contributed by atoms with Gasteiger partial charge in [0.05, 0.1) is 5.69 Å². The highest BCUT2D eigenvalue weighted by atomic mass is 32.1. The largest absolute Gasteiger partial charge is 0.397 e. The first-order valence-electron chi connectivity index (χ1n) is 7.59. The predicted molar refractivity (Wildman–Crippen MR) is 97.0 cm³/mol. The number of anilines is 2. The Morgan fingerprint density at radius 3 is 2.65 bits per heavy atom. The van der Waals surface area contributed by atoms with Gasteiger partial charge in [0, 0.05) is 16.8 Å². The quantitative estimate of drug-likeness (QED) is 0.750. The molecule has 0 aliphatic rings. The Hall–Kier alpha value is -2.40. The monoisotopic (exact) mass is 325 g/mol. The van der Waals surface area contributed by atoms with E-state index in [4.69, 9.17) is 5.73 Å². The number of nitrogens with zero attached hydrogens (tertiary/aromatic N) is 1. The van der Waals surface area contributed by atoms with Gasteiger partial charge in [0.25, 0.3) is 5.91 Å². The summed E-state index contributed by atoms with van der Waals surface area (Å²) in [4.78, 5) is 18.4. The van der Waals surface area contributed by atoms with Crippen molar-refractivity contribution in [3.05, 3.63) is 53.0 Å². The van der Waals surface area contributed by atoms with Crippen LogP contribution in [0, 0.1) is 5.92 Å². The van der Waals surface area contributed by atoms with Gasteiger partial charge in [-0.05, 0) is 36.6 Å². The molecule has 0 aliphatic heterocycles. The summed E-state index contributed by atoms with van der Waals surface area (Å²) in [6.45, 7) is 4.32. The van der Waals surface area contributed by atoms with Crippen molar-refractivity contribution in [2.75, 3.05) is 11.1 Å². The maximum absolute atomic E-state index is 12.5. The van der Waals surface area contributed by atoms with Crippen molar-refractivity contribution in [3.8, 4) is 0 Å². The molecule has 0 saturated carbocycles. The third-order valence-electron chi connectivity index (χ3n) is 3.51. The summed E-state index contributed by atoms with van der Waals surface area (Å²) in [7, 11) is 0. The molecule has 0 unspecified atom stereocenters. The molecule has 3 N–H and O–H groups in total. The Kier molecular flexibility index (Phi) is 4.30. The Bertz CT molecular complexity index is 840. The minimum atomic E-state index is -0.192. The van der Waals surface area contributed by atoms with Crippen molar-refractivity contribution in [2.24, 2.45) is 5.92 Å². The maximum atomic E-state index is 12.5. The molecule has 5 heteroatoms. The van der Waals surface area contributed by atoms with E-state index in [0.29, 0.717) is 16.5 Å². The molecule has 0 aliphatic carbocycles. The van der Waals surface area contributed by atoms with Crippen molar-refractivity contribution in [1.82, 2.24) is 4.98 Å². The van der Waals surface area contributed by atoms with Gasteiger partial charge in [-0.25, -0.2) is 4.98 Å². The van der Waals surface area contributed by atoms with E-state index in [1.54, 1.807) is 0 Å². The van der Waals surface area contributed by atoms with Gasteiger partial charge in [-0.1, -0.05) is 32.0 Å². The Morgan fingerprint density at radius 1 is 1.22 bits per heavy atom. The zero-order valence-electron chi connectivity index (χ0n) is 13.2. The minimum Gasteiger partial charge on any atom is -0.397 e. The summed E-state index contributed by atoms with van der Waals surface area (Å²) in [5.74, 6) is 0.347. The maximum Gasteiger partial charge on any atom is 0.267 e. The van der Waals surface area contributed by atoms with Gasteiger partial charge in [0.15, 0.2) is 0 Å². The predicted octanol–water partition coefficient (Wildman–Crippen LogP) is 4.33. The second kappa shape index (κ2) is 6.38. The molecule has 0 atom stereocenters. The summed E-state index contributed by atoms with van der Waals surface area (Å²) < 4.78 is 0. The molecule has 4 nitrogen and oxygen atoms in total. The van der Waals surface area contributed by atoms with Gasteiger partial charge in [-0.3, -0.25) is 4.79 Å². The topological polar surface area (TPSA) is 68.0 Å². The summed E-state index contributed by atoms with van der Waals surface area (Å²) in [6, 6.07) is 13.3. The van der Waals surface area contributed by atoms with Crippen LogP contribution in [0.3, 0.4) is 0 Å². The van der Waals surface area contributed by atoms with Gasteiger partial charge in [-0.15, -0.1) is 11.3 Å². The lowest BCUT2D eigenvalue weighted by molar-refractivity contribution is 0.103. The molecule has 3 rings (SSSR count). The lowest BCUT2D eigenvalue weighted by atomic mass is 10.1. The van der Waals surface area contributed by atoms with Gasteiger partial charge in [0.1, 0.15) is 9.71 Å². The van der Waals surface area contributed by atoms with Gasteiger partial charge < -0.3 is 11.1 Å². The molecule has 0 saturated heterocycles. The van der Waals surface area contributed by atoms with Crippen LogP contribution in [0.15, 0.2) is 42.5 Å². The fraction of sp³-hybridized carbons (Fsp3) is 0.222. The van der Waals surface area contributed by atoms with Crippen molar-refractivity contribution in [2.45, 2.75) is 20.3 Å². The molecular formula is C18H19N3OS. The van der Waals surface area contributed by atoms with Crippen LogP contribution in [-0.2, 0) is 6.42 Å². The Balaban J connectivity index is 1.91. The lowest BCUT2D eigenvalue weighted by Gasteiger charge is -2.03. The number of thiophene rings is 1. The number of hydrogen-bond donors (Lipinski definition) is 2. The van der Waals surface area contributed by atoms with Crippen LogP contribution in [0.25, 0.3) is 10.2 Å². The normalized spacial score (nSPS) is 11.1. The molecule has 0 spiro atoms. The molecule has 3 aromatic rings. The van der Waals surface area contributed by atoms with Crippen molar-refractivity contribution < 1.29 is 4.79 Å². The number of carbonyl (C=O) groups excluding carboxylic acids is 1. The number of benzene rings is 1. The van der Waals surface area contributed by atoms with Crippen LogP contribution in [0.5, 0.6) is 0 Å². The van der Waals surface area contributed by atoms with Gasteiger partial charge in [-0.2, -0.15) is 0 Å². The molecule has 0 bridgehead atoms. The first kappa shape index (κ1) is 15.5. The highest BCUT2D eigenvalue weighted by molar-refractivity contribution is 7.21. The molecular weight excluding hydrogens is 306 g/mol. The molecule has 1 aromatic carbocycles. The van der Waals surface area contributed by atoms with Crippen LogP contribution in [-0.4, -0.2) is 10.9 Å². The summed E-state index contributed by atoms with van der Waals surface area (Å²) in [6.07, 6.45) is 0.916. The van der Waals surface area contributed by atoms with E-state index in [1.807, 2.05) is 42.5 Å². The third-order valence-corrected chi connectivity index (χ3v) is 4.62. The number of nitrogens with one attached hydrogen (secondary N) is 1. The SMILES string of the molecule is CC(C)Cc1ccc2c(N)c(C(=O)Nc3ccccc3)sc2n1. The second-order valence-electron chi connectivity index (χ2n) is 5.92. The fourth-order valence-electron chi connectivity index (χ4n) is 2.45. The van der Waals surface area contributed by atoms with Gasteiger partial charge >= 0.3 is 0 Å². The molecule has 2 heterocycles. The Morgan fingerprint density at radius 2 is 1.96 bits per heavy atom. The molecule has 1 amide bonds. The van der Waals surface area contributed by atoms with Crippen molar-refractivity contribution in [1.29, 1.82) is 0 Å². The number of amides is 1. The van der Waals surface area contributed by atoms with E-state index in [0.717, 1.165) is 28.0 Å². The minimum absolute atomic E-state index is 0.192. The number of pyridine rings is 1. The number of aromatic nitrogens is 1. The number of para-hydroxylation sites is 1. The highest BCUT2D eigenvalue weighted by Crippen LogP contribution is 2.33. The molecule has 23 heavy (non-hydrogen) atoms. The van der Waals surface area contributed by atoms with E-state index in [2.05, 4.69) is 24.1 Å². The van der Waals surface area contributed by atoms with E-state index in [9.17, 15) is 4.79 Å². The van der Waals surface area contributed by atoms with Crippen LogP contribution >= 0.6 is 11.3 Å². The first-order valence-corrected chi connectivity index (χ1v) is 8.40. The van der Waals surface area contributed by atoms with E-state index < -0.39 is 0 Å². The summed E-state index contributed by atoms with van der Waals surface area (Å²) >= 11 is 1.34. The number of rotatable bonds is 4. The number of hydrogen-bond acceptors (Lipinski definition) is 4. The zero-order chi connectivity index (χ0) is 16.4. The molecule has 2 aromatic heterocycles. The molecule has 0 fully saturated rings. The second-order valence-corrected chi connectivity index (χ2v) is 6.92. The first-order chi connectivity index (χ1) is 11.0. The smallest absolute Gasteiger partial charge is 0.267 e. The average Bonchev–Trinajstić information content (AvgIpc) is 2.84. The van der Waals surface area contributed by atoms with Crippen LogP contribution in [0.1, 0.15) is 29.2 Å². The standard InChI is InChI=1S/C18H19N3OS/c1-11(2)10-13-8-9-14-15(19)16(23-18(14)21-13)17(22)20-12-6-4-3-5-7-12/h3-9,11H,10,19H2,1-2H3,(H,20,22). The van der Waals surface area contributed by atoms with Gasteiger partial charge in [0.2, 0.25) is 0 Å². The fourth-order valence-corrected chi connectivity index (χ4v) is 3.45. The molecule has 0 radical (unpaired) electrons. The number of nitrogen functional groups attached to an aromatic ring is 1. The zero-order valence-corrected chi connectivity index (χ0v) is 14.0. The van der Waals surface area contributed by atoms with Crippen molar-refractivity contribution >= 4 is 38.8 Å². The van der Waals surface area contributed by atoms with E-state index in [-0.39, 0.29) is 5.91 Å². The molecule has 118 valence electrons. The average molecular weight is 325 g/mol. The van der Waals surface area contributed by atoms with Crippen LogP contribution in [0.4, 0.5) is 11.4 Å². The highest BCUT2D eigenvalue weighted by Gasteiger charge is 2.17.